The van der Waals surface area contributed by atoms with Gasteiger partial charge in [0.25, 0.3) is 0 Å². The second-order valence-electron chi connectivity index (χ2n) is 4.30. The van der Waals surface area contributed by atoms with E-state index in [1.807, 2.05) is 18.2 Å². The topological polar surface area (TPSA) is 35.5 Å². The van der Waals surface area contributed by atoms with E-state index < -0.39 is 6.16 Å². The van der Waals surface area contributed by atoms with Crippen LogP contribution in [0.4, 0.5) is 4.79 Å². The number of carbonyl (C=O) groups excluding carboxylic acids is 1. The standard InChI is InChI=1S/C12H16O3/c1-12(2,3)9-7-5-6-8-10(9)15-11(13)14-4/h5-8H,1-4H3. The van der Waals surface area contributed by atoms with Gasteiger partial charge < -0.3 is 9.47 Å². The van der Waals surface area contributed by atoms with Gasteiger partial charge in [-0.25, -0.2) is 4.79 Å². The van der Waals surface area contributed by atoms with Crippen LogP contribution in [0.5, 0.6) is 5.75 Å². The Morgan fingerprint density at radius 3 is 2.33 bits per heavy atom. The predicted molar refractivity (Wildman–Crippen MR) is 58.2 cm³/mol. The molecule has 0 saturated carbocycles. The molecule has 0 fully saturated rings. The van der Waals surface area contributed by atoms with Crippen molar-refractivity contribution in [3.05, 3.63) is 29.8 Å². The first-order chi connectivity index (χ1) is 6.95. The maximum Gasteiger partial charge on any atom is 0.513 e. The highest BCUT2D eigenvalue weighted by atomic mass is 16.7. The minimum Gasteiger partial charge on any atom is -0.437 e. The van der Waals surface area contributed by atoms with Crippen LogP contribution in [0.15, 0.2) is 24.3 Å². The highest BCUT2D eigenvalue weighted by Crippen LogP contribution is 2.30. The Morgan fingerprint density at radius 1 is 1.20 bits per heavy atom. The molecular formula is C12H16O3. The number of methoxy groups -OCH3 is 1. The van der Waals surface area contributed by atoms with Gasteiger partial charge >= 0.3 is 6.16 Å². The molecule has 0 unspecified atom stereocenters. The monoisotopic (exact) mass is 208 g/mol. The van der Waals surface area contributed by atoms with Crippen molar-refractivity contribution < 1.29 is 14.3 Å². The van der Waals surface area contributed by atoms with Gasteiger partial charge in [-0.3, -0.25) is 0 Å². The Morgan fingerprint density at radius 2 is 1.80 bits per heavy atom. The van der Waals surface area contributed by atoms with E-state index in [2.05, 4.69) is 25.5 Å². The molecule has 3 nitrogen and oxygen atoms in total. The molecule has 0 atom stereocenters. The fourth-order valence-corrected chi connectivity index (χ4v) is 1.31. The van der Waals surface area contributed by atoms with E-state index in [-0.39, 0.29) is 5.41 Å². The molecule has 82 valence electrons. The SMILES string of the molecule is COC(=O)Oc1ccccc1C(C)(C)C. The van der Waals surface area contributed by atoms with Crippen LogP contribution in [0.1, 0.15) is 26.3 Å². The Kier molecular flexibility index (Phi) is 3.35. The third kappa shape index (κ3) is 2.98. The summed E-state index contributed by atoms with van der Waals surface area (Å²) in [5.74, 6) is 0.553. The number of carbonyl (C=O) groups is 1. The third-order valence-corrected chi connectivity index (χ3v) is 2.06. The van der Waals surface area contributed by atoms with Crippen LogP contribution in [0.25, 0.3) is 0 Å². The molecule has 1 aromatic carbocycles. The molecule has 0 aliphatic carbocycles. The summed E-state index contributed by atoms with van der Waals surface area (Å²) >= 11 is 0. The minimum absolute atomic E-state index is 0.0649. The van der Waals surface area contributed by atoms with Crippen molar-refractivity contribution >= 4 is 6.16 Å². The first-order valence-corrected chi connectivity index (χ1v) is 4.80. The zero-order chi connectivity index (χ0) is 11.5. The van der Waals surface area contributed by atoms with Crippen molar-refractivity contribution in [1.29, 1.82) is 0 Å². The van der Waals surface area contributed by atoms with Gasteiger partial charge in [0.2, 0.25) is 0 Å². The highest BCUT2D eigenvalue weighted by Gasteiger charge is 2.19. The van der Waals surface area contributed by atoms with Crippen LogP contribution >= 0.6 is 0 Å². The zero-order valence-electron chi connectivity index (χ0n) is 9.53. The summed E-state index contributed by atoms with van der Waals surface area (Å²) in [4.78, 5) is 11.0. The van der Waals surface area contributed by atoms with Gasteiger partial charge in [-0.05, 0) is 11.5 Å². The molecule has 0 aliphatic heterocycles. The van der Waals surface area contributed by atoms with Gasteiger partial charge in [-0.2, -0.15) is 0 Å². The van der Waals surface area contributed by atoms with E-state index >= 15 is 0 Å². The van der Waals surface area contributed by atoms with Crippen molar-refractivity contribution in [1.82, 2.24) is 0 Å². The van der Waals surface area contributed by atoms with Gasteiger partial charge in [-0.1, -0.05) is 39.0 Å². The van der Waals surface area contributed by atoms with Crippen molar-refractivity contribution in [3.63, 3.8) is 0 Å². The molecule has 0 radical (unpaired) electrons. The van der Waals surface area contributed by atoms with Gasteiger partial charge in [0, 0.05) is 5.56 Å². The smallest absolute Gasteiger partial charge is 0.437 e. The summed E-state index contributed by atoms with van der Waals surface area (Å²) in [6.45, 7) is 6.19. The Labute approximate surface area is 90.0 Å². The average molecular weight is 208 g/mol. The predicted octanol–water partition coefficient (Wildman–Crippen LogP) is 3.13. The molecule has 0 saturated heterocycles. The Hall–Kier alpha value is -1.51. The molecule has 0 bridgehead atoms. The quantitative estimate of drug-likeness (QED) is 0.525. The van der Waals surface area contributed by atoms with Crippen molar-refractivity contribution in [3.8, 4) is 5.75 Å². The number of hydrogen-bond acceptors (Lipinski definition) is 3. The second kappa shape index (κ2) is 4.34. The summed E-state index contributed by atoms with van der Waals surface area (Å²) in [6, 6.07) is 7.45. The van der Waals surface area contributed by atoms with Crippen LogP contribution in [-0.4, -0.2) is 13.3 Å². The van der Waals surface area contributed by atoms with E-state index in [0.29, 0.717) is 5.75 Å². The molecule has 0 heterocycles. The van der Waals surface area contributed by atoms with Crippen molar-refractivity contribution in [2.75, 3.05) is 7.11 Å². The maximum absolute atomic E-state index is 11.0. The molecule has 0 amide bonds. The molecule has 3 heteroatoms. The molecule has 0 aromatic heterocycles. The number of hydrogen-bond donors (Lipinski definition) is 0. The number of benzene rings is 1. The second-order valence-corrected chi connectivity index (χ2v) is 4.30. The molecule has 0 spiro atoms. The molecule has 15 heavy (non-hydrogen) atoms. The molecule has 0 N–H and O–H groups in total. The fraction of sp³-hybridized carbons (Fsp3) is 0.417. The van der Waals surface area contributed by atoms with Gasteiger partial charge in [0.15, 0.2) is 0 Å². The van der Waals surface area contributed by atoms with Crippen LogP contribution < -0.4 is 4.74 Å². The van der Waals surface area contributed by atoms with Crippen molar-refractivity contribution in [2.45, 2.75) is 26.2 Å². The molecule has 1 rings (SSSR count). The highest BCUT2D eigenvalue weighted by molar-refractivity contribution is 5.64. The minimum atomic E-state index is -0.688. The van der Waals surface area contributed by atoms with E-state index in [1.54, 1.807) is 6.07 Å². The molecule has 1 aromatic rings. The Balaban J connectivity index is 3.02. The zero-order valence-corrected chi connectivity index (χ0v) is 9.53. The van der Waals surface area contributed by atoms with E-state index in [9.17, 15) is 4.79 Å². The van der Waals surface area contributed by atoms with Crippen LogP contribution in [0, 0.1) is 0 Å². The van der Waals surface area contributed by atoms with E-state index in [4.69, 9.17) is 4.74 Å². The van der Waals surface area contributed by atoms with E-state index in [0.717, 1.165) is 5.56 Å². The fourth-order valence-electron chi connectivity index (χ4n) is 1.31. The third-order valence-electron chi connectivity index (χ3n) is 2.06. The molecular weight excluding hydrogens is 192 g/mol. The summed E-state index contributed by atoms with van der Waals surface area (Å²) < 4.78 is 9.52. The number of rotatable bonds is 1. The van der Waals surface area contributed by atoms with E-state index in [1.165, 1.54) is 7.11 Å². The normalized spacial score (nSPS) is 10.9. The van der Waals surface area contributed by atoms with Gasteiger partial charge in [0.1, 0.15) is 5.75 Å². The number of para-hydroxylation sites is 1. The first-order valence-electron chi connectivity index (χ1n) is 4.80. The number of ether oxygens (including phenoxy) is 2. The Bertz CT molecular complexity index is 350. The summed E-state index contributed by atoms with van der Waals surface area (Å²) in [5, 5.41) is 0. The summed E-state index contributed by atoms with van der Waals surface area (Å²) in [7, 11) is 1.29. The lowest BCUT2D eigenvalue weighted by atomic mass is 9.86. The lowest BCUT2D eigenvalue weighted by Gasteiger charge is -2.21. The van der Waals surface area contributed by atoms with Gasteiger partial charge in [0.05, 0.1) is 7.11 Å². The summed E-state index contributed by atoms with van der Waals surface area (Å²) in [5.41, 5.74) is 0.917. The van der Waals surface area contributed by atoms with Crippen molar-refractivity contribution in [2.24, 2.45) is 0 Å². The lowest BCUT2D eigenvalue weighted by Crippen LogP contribution is -2.16. The maximum atomic E-state index is 11.0. The molecule has 0 aliphatic rings. The van der Waals surface area contributed by atoms with Crippen LogP contribution in [0.2, 0.25) is 0 Å². The lowest BCUT2D eigenvalue weighted by molar-refractivity contribution is 0.120. The first kappa shape index (κ1) is 11.6. The largest absolute Gasteiger partial charge is 0.513 e. The van der Waals surface area contributed by atoms with Crippen LogP contribution in [-0.2, 0) is 10.2 Å². The van der Waals surface area contributed by atoms with Crippen LogP contribution in [0.3, 0.4) is 0 Å². The summed E-state index contributed by atoms with van der Waals surface area (Å²) in [6.07, 6.45) is -0.688. The van der Waals surface area contributed by atoms with Gasteiger partial charge in [-0.15, -0.1) is 0 Å². The average Bonchev–Trinajstić information content (AvgIpc) is 2.17.